The average molecular weight is 495 g/mol. The number of nitrogens with zero attached hydrogens (tertiary/aromatic N) is 1. The molecule has 5 heteroatoms. The van der Waals surface area contributed by atoms with Gasteiger partial charge in [-0.1, -0.05) is 103 Å². The molecule has 0 aliphatic heterocycles. The lowest BCUT2D eigenvalue weighted by molar-refractivity contribution is -0.142. The summed E-state index contributed by atoms with van der Waals surface area (Å²) in [7, 11) is 0. The molecule has 0 fully saturated rings. The molecule has 5 nitrogen and oxygen atoms in total. The van der Waals surface area contributed by atoms with Crippen LogP contribution in [0.3, 0.4) is 0 Å². The Hall–Kier alpha value is -4.12. The van der Waals surface area contributed by atoms with E-state index in [2.05, 4.69) is 5.32 Å². The van der Waals surface area contributed by atoms with Crippen molar-refractivity contribution < 1.29 is 14.3 Å². The van der Waals surface area contributed by atoms with Crippen LogP contribution in [0.25, 0.3) is 10.8 Å². The Balaban J connectivity index is 1.62. The first kappa shape index (κ1) is 26.0. The fourth-order valence-electron chi connectivity index (χ4n) is 4.35. The third kappa shape index (κ3) is 6.98. The third-order valence-electron chi connectivity index (χ3n) is 6.39. The highest BCUT2D eigenvalue weighted by atomic mass is 16.5. The van der Waals surface area contributed by atoms with E-state index in [1.165, 1.54) is 0 Å². The van der Waals surface area contributed by atoms with E-state index in [9.17, 15) is 9.59 Å². The molecule has 0 radical (unpaired) electrons. The van der Waals surface area contributed by atoms with Crippen LogP contribution in [0, 0.1) is 6.92 Å². The number of hydrogen-bond acceptors (Lipinski definition) is 3. The zero-order valence-electron chi connectivity index (χ0n) is 21.5. The monoisotopic (exact) mass is 494 g/mol. The van der Waals surface area contributed by atoms with E-state index in [-0.39, 0.29) is 18.4 Å². The van der Waals surface area contributed by atoms with E-state index in [1.807, 2.05) is 111 Å². The molecule has 37 heavy (non-hydrogen) atoms. The molecule has 0 unspecified atom stereocenters. The molecular weight excluding hydrogens is 460 g/mol. The lowest BCUT2D eigenvalue weighted by Gasteiger charge is -2.31. The van der Waals surface area contributed by atoms with Crippen molar-refractivity contribution in [1.82, 2.24) is 10.2 Å². The summed E-state index contributed by atoms with van der Waals surface area (Å²) in [5, 5.41) is 5.00. The highest BCUT2D eigenvalue weighted by Gasteiger charge is 2.30. The first-order valence-corrected chi connectivity index (χ1v) is 12.8. The molecule has 4 aromatic carbocycles. The minimum atomic E-state index is -0.668. The number of rotatable bonds is 11. The lowest BCUT2D eigenvalue weighted by Crippen LogP contribution is -2.51. The SMILES string of the molecule is CCCNC(=O)[C@H](Cc1ccccc1)N(Cc1ccc(C)cc1)C(=O)COc1cccc2ccccc12. The minimum Gasteiger partial charge on any atom is -0.483 e. The normalized spacial score (nSPS) is 11.6. The molecule has 0 bridgehead atoms. The van der Waals surface area contributed by atoms with Crippen molar-refractivity contribution >= 4 is 22.6 Å². The summed E-state index contributed by atoms with van der Waals surface area (Å²) in [6.45, 7) is 4.76. The smallest absolute Gasteiger partial charge is 0.261 e. The number of hydrogen-bond donors (Lipinski definition) is 1. The molecule has 2 amide bonds. The van der Waals surface area contributed by atoms with Gasteiger partial charge in [0.25, 0.3) is 5.91 Å². The Kier molecular flexibility index (Phi) is 8.93. The van der Waals surface area contributed by atoms with Crippen LogP contribution in [0.4, 0.5) is 0 Å². The second kappa shape index (κ2) is 12.7. The van der Waals surface area contributed by atoms with Crippen LogP contribution in [0.5, 0.6) is 5.75 Å². The van der Waals surface area contributed by atoms with Crippen LogP contribution in [0.15, 0.2) is 97.1 Å². The summed E-state index contributed by atoms with van der Waals surface area (Å²) < 4.78 is 6.06. The third-order valence-corrected chi connectivity index (χ3v) is 6.39. The predicted molar refractivity (Wildman–Crippen MR) is 148 cm³/mol. The maximum absolute atomic E-state index is 13.8. The van der Waals surface area contributed by atoms with Gasteiger partial charge in [-0.05, 0) is 35.9 Å². The summed E-state index contributed by atoms with van der Waals surface area (Å²) in [5.74, 6) is 0.259. The van der Waals surface area contributed by atoms with Gasteiger partial charge in [0.15, 0.2) is 6.61 Å². The first-order valence-electron chi connectivity index (χ1n) is 12.8. The van der Waals surface area contributed by atoms with Crippen LogP contribution in [-0.2, 0) is 22.6 Å². The molecule has 1 atom stereocenters. The Morgan fingerprint density at radius 3 is 2.30 bits per heavy atom. The van der Waals surface area contributed by atoms with Crippen LogP contribution in [0.1, 0.15) is 30.0 Å². The highest BCUT2D eigenvalue weighted by molar-refractivity contribution is 5.90. The van der Waals surface area contributed by atoms with Crippen molar-refractivity contribution in [1.29, 1.82) is 0 Å². The molecule has 190 valence electrons. The van der Waals surface area contributed by atoms with E-state index in [1.54, 1.807) is 4.90 Å². The van der Waals surface area contributed by atoms with E-state index >= 15 is 0 Å². The van der Waals surface area contributed by atoms with E-state index in [0.29, 0.717) is 25.3 Å². The number of ether oxygens (including phenoxy) is 1. The fraction of sp³-hybridized carbons (Fsp3) is 0.250. The number of fused-ring (bicyclic) bond motifs is 1. The van der Waals surface area contributed by atoms with E-state index < -0.39 is 6.04 Å². The molecule has 0 saturated carbocycles. The molecule has 1 N–H and O–H groups in total. The molecule has 0 heterocycles. The highest BCUT2D eigenvalue weighted by Crippen LogP contribution is 2.25. The zero-order valence-corrected chi connectivity index (χ0v) is 21.5. The van der Waals surface area contributed by atoms with Crippen LogP contribution in [0.2, 0.25) is 0 Å². The summed E-state index contributed by atoms with van der Waals surface area (Å²) >= 11 is 0. The Morgan fingerprint density at radius 2 is 1.54 bits per heavy atom. The van der Waals surface area contributed by atoms with Gasteiger partial charge in [-0.3, -0.25) is 9.59 Å². The molecule has 0 aromatic heterocycles. The van der Waals surface area contributed by atoms with Gasteiger partial charge in [0.05, 0.1) is 0 Å². The summed E-state index contributed by atoms with van der Waals surface area (Å²) in [4.78, 5) is 28.8. The number of carbonyl (C=O) groups excluding carboxylic acids is 2. The number of carbonyl (C=O) groups is 2. The lowest BCUT2D eigenvalue weighted by atomic mass is 10.0. The van der Waals surface area contributed by atoms with Crippen molar-refractivity contribution in [2.45, 2.75) is 39.3 Å². The zero-order chi connectivity index (χ0) is 26.0. The van der Waals surface area contributed by atoms with Crippen LogP contribution >= 0.6 is 0 Å². The second-order valence-corrected chi connectivity index (χ2v) is 9.27. The largest absolute Gasteiger partial charge is 0.483 e. The number of nitrogens with one attached hydrogen (secondary N) is 1. The predicted octanol–water partition coefficient (Wildman–Crippen LogP) is 5.69. The van der Waals surface area contributed by atoms with Gasteiger partial charge in [0.2, 0.25) is 5.91 Å². The molecule has 4 aromatic rings. The van der Waals surface area contributed by atoms with Gasteiger partial charge in [0.1, 0.15) is 11.8 Å². The second-order valence-electron chi connectivity index (χ2n) is 9.27. The first-order chi connectivity index (χ1) is 18.0. The molecule has 4 rings (SSSR count). The Bertz CT molecular complexity index is 1310. The fourth-order valence-corrected chi connectivity index (χ4v) is 4.35. The van der Waals surface area contributed by atoms with Crippen molar-refractivity contribution in [2.24, 2.45) is 0 Å². The maximum atomic E-state index is 13.8. The van der Waals surface area contributed by atoms with Gasteiger partial charge >= 0.3 is 0 Å². The molecule has 0 saturated heterocycles. The summed E-state index contributed by atoms with van der Waals surface area (Å²) in [6.07, 6.45) is 1.24. The molecule has 0 aliphatic rings. The number of amides is 2. The van der Waals surface area contributed by atoms with Crippen molar-refractivity contribution in [3.8, 4) is 5.75 Å². The van der Waals surface area contributed by atoms with Crippen molar-refractivity contribution in [2.75, 3.05) is 13.2 Å². The van der Waals surface area contributed by atoms with Gasteiger partial charge in [-0.2, -0.15) is 0 Å². The average Bonchev–Trinajstić information content (AvgIpc) is 2.93. The van der Waals surface area contributed by atoms with Gasteiger partial charge in [-0.15, -0.1) is 0 Å². The minimum absolute atomic E-state index is 0.156. The molecule has 0 spiro atoms. The summed E-state index contributed by atoms with van der Waals surface area (Å²) in [5.41, 5.74) is 3.10. The number of benzene rings is 4. The summed E-state index contributed by atoms with van der Waals surface area (Å²) in [6, 6.07) is 30.9. The van der Waals surface area contributed by atoms with Gasteiger partial charge in [0, 0.05) is 24.9 Å². The van der Waals surface area contributed by atoms with E-state index in [4.69, 9.17) is 4.74 Å². The quantitative estimate of drug-likeness (QED) is 0.291. The maximum Gasteiger partial charge on any atom is 0.261 e. The standard InChI is InChI=1S/C32H34N2O3/c1-3-20-33-32(36)29(21-25-10-5-4-6-11-25)34(22-26-18-16-24(2)17-19-26)31(35)23-37-30-15-9-13-27-12-7-8-14-28(27)30/h4-19,29H,3,20-23H2,1-2H3,(H,33,36)/t29-/m0/s1. The Labute approximate surface area is 219 Å². The topological polar surface area (TPSA) is 58.6 Å². The molecule has 0 aliphatic carbocycles. The molecular formula is C32H34N2O3. The van der Waals surface area contributed by atoms with Crippen molar-refractivity contribution in [3.63, 3.8) is 0 Å². The number of aryl methyl sites for hydroxylation is 1. The van der Waals surface area contributed by atoms with E-state index in [0.717, 1.165) is 33.9 Å². The van der Waals surface area contributed by atoms with Gasteiger partial charge < -0.3 is 15.0 Å². The van der Waals surface area contributed by atoms with Gasteiger partial charge in [-0.25, -0.2) is 0 Å². The van der Waals surface area contributed by atoms with Crippen LogP contribution < -0.4 is 10.1 Å². The van der Waals surface area contributed by atoms with Crippen molar-refractivity contribution in [3.05, 3.63) is 114 Å². The van der Waals surface area contributed by atoms with Crippen LogP contribution in [-0.4, -0.2) is 35.9 Å². The Morgan fingerprint density at radius 1 is 0.838 bits per heavy atom.